The van der Waals surface area contributed by atoms with E-state index in [-0.39, 0.29) is 0 Å². The molecule has 2 aromatic heterocycles. The minimum absolute atomic E-state index is 0.641. The fraction of sp³-hybridized carbons (Fsp3) is 0.0667. The van der Waals surface area contributed by atoms with Gasteiger partial charge in [0.2, 0.25) is 0 Å². The molecular weight excluding hydrogens is 260 g/mol. The van der Waals surface area contributed by atoms with Crippen LogP contribution in [0.2, 0.25) is 5.02 Å². The highest BCUT2D eigenvalue weighted by Crippen LogP contribution is 2.32. The summed E-state index contributed by atoms with van der Waals surface area (Å²) in [7, 11) is 0. The second kappa shape index (κ2) is 4.52. The average Bonchev–Trinajstić information content (AvgIpc) is 2.83. The monoisotopic (exact) mass is 270 g/mol. The topological polar surface area (TPSA) is 45.8 Å². The fourth-order valence-electron chi connectivity index (χ4n) is 2.26. The molecule has 3 rings (SSSR count). The van der Waals surface area contributed by atoms with Crippen LogP contribution in [0.25, 0.3) is 22.2 Å². The van der Waals surface area contributed by atoms with Crippen molar-refractivity contribution < 1.29 is 4.79 Å². The predicted molar refractivity (Wildman–Crippen MR) is 76.7 cm³/mol. The van der Waals surface area contributed by atoms with Crippen LogP contribution in [0.5, 0.6) is 0 Å². The number of H-pyrrole nitrogens is 1. The van der Waals surface area contributed by atoms with E-state index < -0.39 is 0 Å². The van der Waals surface area contributed by atoms with Crippen molar-refractivity contribution in [1.82, 2.24) is 9.97 Å². The van der Waals surface area contributed by atoms with Gasteiger partial charge in [-0.2, -0.15) is 0 Å². The van der Waals surface area contributed by atoms with Crippen molar-refractivity contribution in [2.45, 2.75) is 6.92 Å². The zero-order chi connectivity index (χ0) is 13.4. The predicted octanol–water partition coefficient (Wildman–Crippen LogP) is 4.00. The Hall–Kier alpha value is -2.13. The maximum atomic E-state index is 11.4. The van der Waals surface area contributed by atoms with Crippen LogP contribution in [0.3, 0.4) is 0 Å². The molecule has 0 aliphatic rings. The van der Waals surface area contributed by atoms with Gasteiger partial charge in [0.1, 0.15) is 0 Å². The third-order valence-corrected chi connectivity index (χ3v) is 3.69. The van der Waals surface area contributed by atoms with Crippen molar-refractivity contribution in [3.05, 3.63) is 52.8 Å². The van der Waals surface area contributed by atoms with Crippen LogP contribution >= 0.6 is 11.6 Å². The lowest BCUT2D eigenvalue weighted by atomic mass is 10.1. The first kappa shape index (κ1) is 11.9. The van der Waals surface area contributed by atoms with E-state index in [0.717, 1.165) is 34.0 Å². The summed E-state index contributed by atoms with van der Waals surface area (Å²) in [5.41, 5.74) is 4.15. The molecule has 3 aromatic rings. The highest BCUT2D eigenvalue weighted by molar-refractivity contribution is 6.32. The highest BCUT2D eigenvalue weighted by atomic mass is 35.5. The SMILES string of the molecule is Cc1c(Cl)ccc2c(C=O)c(-c3cccnc3)[nH]c12. The number of halogens is 1. The molecule has 0 atom stereocenters. The van der Waals surface area contributed by atoms with Crippen molar-refractivity contribution in [2.75, 3.05) is 0 Å². The average molecular weight is 271 g/mol. The van der Waals surface area contributed by atoms with Crippen LogP contribution < -0.4 is 0 Å². The summed E-state index contributed by atoms with van der Waals surface area (Å²) in [5, 5.41) is 1.57. The lowest BCUT2D eigenvalue weighted by Gasteiger charge is -1.98. The Bertz CT molecular complexity index is 763. The molecule has 0 aliphatic carbocycles. The number of hydrogen-bond donors (Lipinski definition) is 1. The third kappa shape index (κ3) is 1.83. The molecule has 2 heterocycles. The van der Waals surface area contributed by atoms with Crippen LogP contribution in [-0.4, -0.2) is 16.3 Å². The number of carbonyl (C=O) groups is 1. The number of fused-ring (bicyclic) bond motifs is 1. The fourth-order valence-corrected chi connectivity index (χ4v) is 2.42. The van der Waals surface area contributed by atoms with Gasteiger partial charge >= 0.3 is 0 Å². The van der Waals surface area contributed by atoms with E-state index in [0.29, 0.717) is 10.6 Å². The van der Waals surface area contributed by atoms with Gasteiger partial charge in [-0.1, -0.05) is 17.7 Å². The molecule has 0 unspecified atom stereocenters. The zero-order valence-corrected chi connectivity index (χ0v) is 11.0. The molecule has 0 fully saturated rings. The summed E-state index contributed by atoms with van der Waals surface area (Å²) in [6, 6.07) is 7.44. The van der Waals surface area contributed by atoms with Gasteiger partial charge in [-0.15, -0.1) is 0 Å². The van der Waals surface area contributed by atoms with Crippen molar-refractivity contribution in [3.8, 4) is 11.3 Å². The number of nitrogens with one attached hydrogen (secondary N) is 1. The lowest BCUT2D eigenvalue weighted by Crippen LogP contribution is -1.84. The van der Waals surface area contributed by atoms with E-state index in [2.05, 4.69) is 9.97 Å². The molecule has 4 heteroatoms. The molecule has 3 nitrogen and oxygen atoms in total. The molecule has 0 aliphatic heterocycles. The quantitative estimate of drug-likeness (QED) is 0.715. The zero-order valence-electron chi connectivity index (χ0n) is 10.3. The second-order valence-electron chi connectivity index (χ2n) is 4.37. The molecule has 1 N–H and O–H groups in total. The van der Waals surface area contributed by atoms with Crippen LogP contribution in [0.15, 0.2) is 36.7 Å². The van der Waals surface area contributed by atoms with Crippen molar-refractivity contribution >= 4 is 28.8 Å². The Labute approximate surface area is 115 Å². The number of rotatable bonds is 2. The van der Waals surface area contributed by atoms with Crippen molar-refractivity contribution in [1.29, 1.82) is 0 Å². The van der Waals surface area contributed by atoms with Crippen molar-refractivity contribution in [3.63, 3.8) is 0 Å². The molecule has 0 radical (unpaired) electrons. The smallest absolute Gasteiger partial charge is 0.152 e. The van der Waals surface area contributed by atoms with Gasteiger partial charge in [-0.25, -0.2) is 0 Å². The van der Waals surface area contributed by atoms with Gasteiger partial charge in [-0.05, 0) is 30.7 Å². The number of aldehydes is 1. The number of aromatic nitrogens is 2. The normalized spacial score (nSPS) is 10.8. The minimum Gasteiger partial charge on any atom is -0.354 e. The van der Waals surface area contributed by atoms with Crippen LogP contribution in [-0.2, 0) is 0 Å². The standard InChI is InChI=1S/C15H11ClN2O/c1-9-13(16)5-4-11-12(8-19)15(18-14(9)11)10-3-2-6-17-7-10/h2-8,18H,1H3. The number of pyridine rings is 1. The molecule has 0 saturated carbocycles. The maximum Gasteiger partial charge on any atom is 0.152 e. The second-order valence-corrected chi connectivity index (χ2v) is 4.78. The Kier molecular flexibility index (Phi) is 2.84. The Morgan fingerprint density at radius 2 is 2.16 bits per heavy atom. The highest BCUT2D eigenvalue weighted by Gasteiger charge is 2.14. The molecule has 19 heavy (non-hydrogen) atoms. The third-order valence-electron chi connectivity index (χ3n) is 3.28. The number of carbonyl (C=O) groups excluding carboxylic acids is 1. The summed E-state index contributed by atoms with van der Waals surface area (Å²) in [5.74, 6) is 0. The van der Waals surface area contributed by atoms with Crippen molar-refractivity contribution in [2.24, 2.45) is 0 Å². The molecule has 94 valence electrons. The summed E-state index contributed by atoms with van der Waals surface area (Å²) >= 11 is 6.12. The van der Waals surface area contributed by atoms with Crippen LogP contribution in [0.1, 0.15) is 15.9 Å². The van der Waals surface area contributed by atoms with E-state index >= 15 is 0 Å². The summed E-state index contributed by atoms with van der Waals surface area (Å²) < 4.78 is 0. The Morgan fingerprint density at radius 1 is 1.32 bits per heavy atom. The van der Waals surface area contributed by atoms with Gasteiger partial charge in [0.05, 0.1) is 11.2 Å². The summed E-state index contributed by atoms with van der Waals surface area (Å²) in [6.07, 6.45) is 4.30. The molecule has 0 saturated heterocycles. The Morgan fingerprint density at radius 3 is 2.84 bits per heavy atom. The van der Waals surface area contributed by atoms with Gasteiger partial charge in [-0.3, -0.25) is 9.78 Å². The number of aryl methyl sites for hydroxylation is 1. The first-order valence-corrected chi connectivity index (χ1v) is 6.26. The summed E-state index contributed by atoms with van der Waals surface area (Å²) in [4.78, 5) is 18.8. The number of aromatic amines is 1. The van der Waals surface area contributed by atoms with Gasteiger partial charge in [0.25, 0.3) is 0 Å². The minimum atomic E-state index is 0.641. The van der Waals surface area contributed by atoms with E-state index in [4.69, 9.17) is 11.6 Å². The van der Waals surface area contributed by atoms with E-state index in [1.165, 1.54) is 0 Å². The lowest BCUT2D eigenvalue weighted by molar-refractivity contribution is 0.112. The van der Waals surface area contributed by atoms with Crippen LogP contribution in [0, 0.1) is 6.92 Å². The molecule has 0 bridgehead atoms. The first-order chi connectivity index (χ1) is 9.22. The maximum absolute atomic E-state index is 11.4. The number of benzene rings is 1. The van der Waals surface area contributed by atoms with Gasteiger partial charge in [0, 0.05) is 33.9 Å². The van der Waals surface area contributed by atoms with E-state index in [1.807, 2.05) is 31.2 Å². The van der Waals surface area contributed by atoms with E-state index in [1.54, 1.807) is 12.4 Å². The van der Waals surface area contributed by atoms with Gasteiger partial charge < -0.3 is 4.98 Å². The first-order valence-electron chi connectivity index (χ1n) is 5.88. The molecular formula is C15H11ClN2O. The molecule has 0 spiro atoms. The molecule has 0 amide bonds. The Balaban J connectivity index is 2.38. The largest absolute Gasteiger partial charge is 0.354 e. The number of hydrogen-bond acceptors (Lipinski definition) is 2. The summed E-state index contributed by atoms with van der Waals surface area (Å²) in [6.45, 7) is 1.93. The molecule has 1 aromatic carbocycles. The van der Waals surface area contributed by atoms with E-state index in [9.17, 15) is 4.79 Å². The van der Waals surface area contributed by atoms with Crippen LogP contribution in [0.4, 0.5) is 0 Å². The number of nitrogens with zero attached hydrogens (tertiary/aromatic N) is 1. The van der Waals surface area contributed by atoms with Gasteiger partial charge in [0.15, 0.2) is 6.29 Å².